The first-order valence-electron chi connectivity index (χ1n) is 13.5. The molecule has 0 unspecified atom stereocenters. The zero-order chi connectivity index (χ0) is 25.1. The van der Waals surface area contributed by atoms with Crippen LogP contribution in [0.3, 0.4) is 0 Å². The lowest BCUT2D eigenvalue weighted by Gasteiger charge is -2.14. The Balaban J connectivity index is 1.60. The van der Waals surface area contributed by atoms with E-state index in [-0.39, 0.29) is 0 Å². The highest BCUT2D eigenvalue weighted by molar-refractivity contribution is 5.97. The molecular weight excluding hydrogens is 438 g/mol. The minimum absolute atomic E-state index is 0.420. The molecule has 2 rings (SSSR count). The molecule has 4 N–H and O–H groups in total. The van der Waals surface area contributed by atoms with Crippen molar-refractivity contribution in [3.05, 3.63) is 36.2 Å². The van der Waals surface area contributed by atoms with Gasteiger partial charge in [0.05, 0.1) is 18.4 Å². The molecule has 7 nitrogen and oxygen atoms in total. The molecule has 0 aliphatic carbocycles. The quantitative estimate of drug-likeness (QED) is 0.140. The van der Waals surface area contributed by atoms with Gasteiger partial charge in [0.2, 0.25) is 0 Å². The topological polar surface area (TPSA) is 102 Å². The molecular formula is C28H45N5O2. The van der Waals surface area contributed by atoms with Crippen LogP contribution in [0.4, 0.5) is 23.0 Å². The molecule has 194 valence electrons. The summed E-state index contributed by atoms with van der Waals surface area (Å²) >= 11 is 0. The van der Waals surface area contributed by atoms with E-state index in [1.165, 1.54) is 96.9 Å². The van der Waals surface area contributed by atoms with Gasteiger partial charge in [0.25, 0.3) is 0 Å². The first-order chi connectivity index (χ1) is 17.2. The van der Waals surface area contributed by atoms with Crippen molar-refractivity contribution in [3.63, 3.8) is 0 Å². The SMILES string of the molecule is CCCCCCCCCCCCCCCCNc1ncnc(Nc2ccccc2C(=O)OC)c1N. The van der Waals surface area contributed by atoms with E-state index >= 15 is 0 Å². The molecule has 0 spiro atoms. The Bertz CT molecular complexity index is 859. The molecule has 0 bridgehead atoms. The van der Waals surface area contributed by atoms with Crippen molar-refractivity contribution in [2.45, 2.75) is 96.8 Å². The summed E-state index contributed by atoms with van der Waals surface area (Å²) in [7, 11) is 1.36. The highest BCUT2D eigenvalue weighted by Crippen LogP contribution is 2.27. The van der Waals surface area contributed by atoms with Gasteiger partial charge in [0, 0.05) is 6.54 Å². The van der Waals surface area contributed by atoms with Crippen molar-refractivity contribution in [2.75, 3.05) is 30.0 Å². The number of aromatic nitrogens is 2. The Hall–Kier alpha value is -2.83. The molecule has 0 atom stereocenters. The number of methoxy groups -OCH3 is 1. The molecule has 1 heterocycles. The molecule has 0 fully saturated rings. The summed E-state index contributed by atoms with van der Waals surface area (Å²) in [5.74, 6) is 0.643. The minimum atomic E-state index is -0.420. The number of hydrogen-bond donors (Lipinski definition) is 3. The van der Waals surface area contributed by atoms with E-state index in [0.717, 1.165) is 13.0 Å². The lowest BCUT2D eigenvalue weighted by atomic mass is 10.0. The molecule has 0 aliphatic rings. The maximum absolute atomic E-state index is 12.0. The number of para-hydroxylation sites is 1. The number of benzene rings is 1. The zero-order valence-electron chi connectivity index (χ0n) is 21.8. The molecule has 0 aliphatic heterocycles. The summed E-state index contributed by atoms with van der Waals surface area (Å²) in [6, 6.07) is 7.10. The number of rotatable bonds is 19. The monoisotopic (exact) mass is 483 g/mol. The number of hydrogen-bond acceptors (Lipinski definition) is 7. The molecule has 0 amide bonds. The van der Waals surface area contributed by atoms with Crippen LogP contribution in [0.25, 0.3) is 0 Å². The fourth-order valence-corrected chi connectivity index (χ4v) is 4.17. The molecule has 2 aromatic rings. The van der Waals surface area contributed by atoms with E-state index < -0.39 is 5.97 Å². The highest BCUT2D eigenvalue weighted by atomic mass is 16.5. The van der Waals surface area contributed by atoms with Gasteiger partial charge in [0.1, 0.15) is 12.0 Å². The Morgan fingerprint density at radius 2 is 1.37 bits per heavy atom. The van der Waals surface area contributed by atoms with Gasteiger partial charge in [-0.2, -0.15) is 0 Å². The van der Waals surface area contributed by atoms with E-state index in [9.17, 15) is 4.79 Å². The number of nitrogen functional groups attached to an aromatic ring is 1. The van der Waals surface area contributed by atoms with E-state index in [2.05, 4.69) is 27.5 Å². The number of carbonyl (C=O) groups excluding carboxylic acids is 1. The third-order valence-corrected chi connectivity index (χ3v) is 6.29. The lowest BCUT2D eigenvalue weighted by Crippen LogP contribution is -2.10. The van der Waals surface area contributed by atoms with E-state index in [1.54, 1.807) is 18.2 Å². The summed E-state index contributed by atoms with van der Waals surface area (Å²) in [6.45, 7) is 3.09. The summed E-state index contributed by atoms with van der Waals surface area (Å²) in [6.07, 6.45) is 20.3. The third-order valence-electron chi connectivity index (χ3n) is 6.29. The first-order valence-corrected chi connectivity index (χ1v) is 13.5. The normalized spacial score (nSPS) is 10.8. The second-order valence-electron chi connectivity index (χ2n) is 9.17. The summed E-state index contributed by atoms with van der Waals surface area (Å²) in [5.41, 5.74) is 7.72. The highest BCUT2D eigenvalue weighted by Gasteiger charge is 2.14. The molecule has 0 saturated carbocycles. The number of nitrogens with one attached hydrogen (secondary N) is 2. The molecule has 7 heteroatoms. The van der Waals surface area contributed by atoms with Gasteiger partial charge in [-0.3, -0.25) is 0 Å². The second-order valence-corrected chi connectivity index (χ2v) is 9.17. The standard InChI is InChI=1S/C28H45N5O2/c1-3-4-5-6-7-8-9-10-11-12-13-14-15-18-21-30-26-25(29)27(32-22-31-26)33-24-20-17-16-19-23(24)28(34)35-2/h16-17,19-20,22H,3-15,18,21,29H2,1-2H3,(H2,30,31,32,33). The van der Waals surface area contributed by atoms with Crippen molar-refractivity contribution in [1.82, 2.24) is 9.97 Å². The first kappa shape index (κ1) is 28.4. The number of nitrogens with zero attached hydrogens (tertiary/aromatic N) is 2. The number of carbonyl (C=O) groups is 1. The van der Waals surface area contributed by atoms with Crippen molar-refractivity contribution >= 4 is 29.0 Å². The molecule has 35 heavy (non-hydrogen) atoms. The molecule has 0 saturated heterocycles. The van der Waals surface area contributed by atoms with Gasteiger partial charge < -0.3 is 21.1 Å². The van der Waals surface area contributed by atoms with Gasteiger partial charge >= 0.3 is 5.97 Å². The van der Waals surface area contributed by atoms with Gasteiger partial charge in [-0.15, -0.1) is 0 Å². The van der Waals surface area contributed by atoms with Crippen molar-refractivity contribution < 1.29 is 9.53 Å². The summed E-state index contributed by atoms with van der Waals surface area (Å²) < 4.78 is 4.85. The van der Waals surface area contributed by atoms with Gasteiger partial charge in [-0.1, -0.05) is 103 Å². The Morgan fingerprint density at radius 3 is 1.97 bits per heavy atom. The fourth-order valence-electron chi connectivity index (χ4n) is 4.17. The predicted octanol–water partition coefficient (Wildman–Crippen LogP) is 7.48. The Labute approximate surface area is 211 Å². The largest absolute Gasteiger partial charge is 0.465 e. The predicted molar refractivity (Wildman–Crippen MR) is 146 cm³/mol. The summed E-state index contributed by atoms with van der Waals surface area (Å²) in [4.78, 5) is 20.5. The molecule has 1 aromatic heterocycles. The number of anilines is 4. The molecule has 1 aromatic carbocycles. The maximum Gasteiger partial charge on any atom is 0.339 e. The number of unbranched alkanes of at least 4 members (excludes halogenated alkanes) is 13. The van der Waals surface area contributed by atoms with Crippen LogP contribution in [-0.2, 0) is 4.74 Å². The van der Waals surface area contributed by atoms with E-state index in [0.29, 0.717) is 28.6 Å². The van der Waals surface area contributed by atoms with Crippen LogP contribution in [0.1, 0.15) is 107 Å². The van der Waals surface area contributed by atoms with Crippen molar-refractivity contribution in [1.29, 1.82) is 0 Å². The van der Waals surface area contributed by atoms with Crippen LogP contribution in [0.5, 0.6) is 0 Å². The average Bonchev–Trinajstić information content (AvgIpc) is 2.88. The van der Waals surface area contributed by atoms with Crippen molar-refractivity contribution in [3.8, 4) is 0 Å². The maximum atomic E-state index is 12.0. The Kier molecular flexibility index (Phi) is 14.3. The average molecular weight is 484 g/mol. The number of nitrogens with two attached hydrogens (primary N) is 1. The van der Waals surface area contributed by atoms with E-state index in [1.807, 2.05) is 6.07 Å². The smallest absolute Gasteiger partial charge is 0.339 e. The van der Waals surface area contributed by atoms with Crippen LogP contribution in [0, 0.1) is 0 Å². The Morgan fingerprint density at radius 1 is 0.829 bits per heavy atom. The fraction of sp³-hybridized carbons (Fsp3) is 0.607. The molecule has 0 radical (unpaired) electrons. The third kappa shape index (κ3) is 11.0. The van der Waals surface area contributed by atoms with Gasteiger partial charge in [-0.05, 0) is 18.6 Å². The number of esters is 1. The summed E-state index contributed by atoms with van der Waals surface area (Å²) in [5, 5.41) is 6.46. The second kappa shape index (κ2) is 17.6. The van der Waals surface area contributed by atoms with Crippen LogP contribution in [-0.4, -0.2) is 29.6 Å². The lowest BCUT2D eigenvalue weighted by molar-refractivity contribution is 0.0602. The van der Waals surface area contributed by atoms with Crippen LogP contribution in [0.15, 0.2) is 30.6 Å². The van der Waals surface area contributed by atoms with Crippen LogP contribution >= 0.6 is 0 Å². The van der Waals surface area contributed by atoms with Crippen LogP contribution in [0.2, 0.25) is 0 Å². The van der Waals surface area contributed by atoms with Crippen LogP contribution < -0.4 is 16.4 Å². The zero-order valence-corrected chi connectivity index (χ0v) is 21.8. The van der Waals surface area contributed by atoms with Gasteiger partial charge in [-0.25, -0.2) is 14.8 Å². The number of ether oxygens (including phenoxy) is 1. The van der Waals surface area contributed by atoms with Gasteiger partial charge in [0.15, 0.2) is 11.6 Å². The van der Waals surface area contributed by atoms with E-state index in [4.69, 9.17) is 10.5 Å². The minimum Gasteiger partial charge on any atom is -0.465 e. The van der Waals surface area contributed by atoms with Crippen molar-refractivity contribution in [2.24, 2.45) is 0 Å².